The van der Waals surface area contributed by atoms with Crippen molar-refractivity contribution < 1.29 is 22.7 Å². The van der Waals surface area contributed by atoms with Crippen molar-refractivity contribution in [3.05, 3.63) is 54.6 Å². The number of nitrogens with zero attached hydrogens (tertiary/aromatic N) is 1. The van der Waals surface area contributed by atoms with Crippen LogP contribution in [0.5, 0.6) is 11.5 Å². The van der Waals surface area contributed by atoms with Crippen LogP contribution in [0.4, 0.5) is 10.5 Å². The van der Waals surface area contributed by atoms with Gasteiger partial charge >= 0.3 is 6.03 Å². The molecular formula is C21H27N3O5S. The zero-order valence-electron chi connectivity index (χ0n) is 17.1. The predicted octanol–water partition coefficient (Wildman–Crippen LogP) is 3.04. The number of morpholine rings is 1. The van der Waals surface area contributed by atoms with Crippen molar-refractivity contribution in [1.29, 1.82) is 0 Å². The van der Waals surface area contributed by atoms with Gasteiger partial charge in [0.2, 0.25) is 10.0 Å². The highest BCUT2D eigenvalue weighted by Gasteiger charge is 2.30. The van der Waals surface area contributed by atoms with Gasteiger partial charge in [-0.25, -0.2) is 13.2 Å². The summed E-state index contributed by atoms with van der Waals surface area (Å²) < 4.78 is 37.9. The Balaban J connectivity index is 1.53. The molecule has 0 unspecified atom stereocenters. The van der Waals surface area contributed by atoms with Gasteiger partial charge in [0.15, 0.2) is 5.75 Å². The number of urea groups is 1. The van der Waals surface area contributed by atoms with Crippen LogP contribution in [0.1, 0.15) is 13.8 Å². The molecule has 1 fully saturated rings. The van der Waals surface area contributed by atoms with Gasteiger partial charge in [-0.3, -0.25) is 0 Å². The summed E-state index contributed by atoms with van der Waals surface area (Å²) in [6.07, 6.45) is -0.304. The largest absolute Gasteiger partial charge is 0.455 e. The van der Waals surface area contributed by atoms with E-state index in [0.717, 1.165) is 0 Å². The number of rotatable bonds is 7. The lowest BCUT2D eigenvalue weighted by atomic mass is 10.3. The lowest BCUT2D eigenvalue weighted by molar-refractivity contribution is -0.0440. The smallest absolute Gasteiger partial charge is 0.319 e. The molecule has 2 N–H and O–H groups in total. The number of para-hydroxylation sites is 3. The molecule has 0 radical (unpaired) electrons. The minimum atomic E-state index is -3.48. The molecule has 0 aliphatic carbocycles. The number of sulfonamides is 1. The van der Waals surface area contributed by atoms with Crippen LogP contribution < -0.4 is 15.4 Å². The summed E-state index contributed by atoms with van der Waals surface area (Å²) in [5.74, 6) is 0.956. The van der Waals surface area contributed by atoms with E-state index >= 15 is 0 Å². The highest BCUT2D eigenvalue weighted by molar-refractivity contribution is 7.89. The van der Waals surface area contributed by atoms with E-state index in [1.165, 1.54) is 4.31 Å². The molecule has 1 heterocycles. The first-order valence-corrected chi connectivity index (χ1v) is 11.4. The first-order valence-electron chi connectivity index (χ1n) is 9.83. The van der Waals surface area contributed by atoms with Crippen LogP contribution in [0, 0.1) is 0 Å². The average Bonchev–Trinajstić information content (AvgIpc) is 2.69. The monoisotopic (exact) mass is 433 g/mol. The van der Waals surface area contributed by atoms with E-state index in [-0.39, 0.29) is 24.5 Å². The van der Waals surface area contributed by atoms with Gasteiger partial charge < -0.3 is 20.1 Å². The van der Waals surface area contributed by atoms with Crippen LogP contribution in [-0.4, -0.2) is 56.3 Å². The van der Waals surface area contributed by atoms with E-state index in [2.05, 4.69) is 10.6 Å². The second-order valence-electron chi connectivity index (χ2n) is 7.18. The van der Waals surface area contributed by atoms with Crippen LogP contribution in [0.25, 0.3) is 0 Å². The van der Waals surface area contributed by atoms with Gasteiger partial charge in [-0.15, -0.1) is 0 Å². The van der Waals surface area contributed by atoms with Crippen LogP contribution in [0.15, 0.2) is 54.6 Å². The van der Waals surface area contributed by atoms with Gasteiger partial charge in [-0.2, -0.15) is 4.31 Å². The molecule has 30 heavy (non-hydrogen) atoms. The Kier molecular flexibility index (Phi) is 7.30. The lowest BCUT2D eigenvalue weighted by Gasteiger charge is -2.34. The van der Waals surface area contributed by atoms with Gasteiger partial charge in [-0.05, 0) is 38.1 Å². The first kappa shape index (κ1) is 22.1. The Labute approximate surface area is 177 Å². The lowest BCUT2D eigenvalue weighted by Crippen LogP contribution is -2.49. The number of hydrogen-bond donors (Lipinski definition) is 2. The molecule has 0 aromatic heterocycles. The van der Waals surface area contributed by atoms with Crippen molar-refractivity contribution in [1.82, 2.24) is 9.62 Å². The average molecular weight is 434 g/mol. The number of hydrogen-bond acceptors (Lipinski definition) is 5. The molecule has 8 nitrogen and oxygen atoms in total. The normalized spacial score (nSPS) is 19.8. The summed E-state index contributed by atoms with van der Waals surface area (Å²) in [4.78, 5) is 12.3. The van der Waals surface area contributed by atoms with Crippen molar-refractivity contribution in [2.45, 2.75) is 26.1 Å². The van der Waals surface area contributed by atoms with Crippen molar-refractivity contribution in [2.24, 2.45) is 0 Å². The zero-order chi connectivity index (χ0) is 21.6. The number of ether oxygens (including phenoxy) is 2. The van der Waals surface area contributed by atoms with E-state index in [9.17, 15) is 13.2 Å². The fraction of sp³-hybridized carbons (Fsp3) is 0.381. The third kappa shape index (κ3) is 6.19. The number of carbonyl (C=O) groups excluding carboxylic acids is 1. The van der Waals surface area contributed by atoms with Gasteiger partial charge in [0, 0.05) is 19.6 Å². The topological polar surface area (TPSA) is 97.0 Å². The van der Waals surface area contributed by atoms with Gasteiger partial charge in [0.25, 0.3) is 0 Å². The molecule has 1 saturated heterocycles. The van der Waals surface area contributed by atoms with E-state index < -0.39 is 16.1 Å². The molecule has 2 atom stereocenters. The maximum atomic E-state index is 12.6. The summed E-state index contributed by atoms with van der Waals surface area (Å²) in [6.45, 7) is 4.33. The van der Waals surface area contributed by atoms with Gasteiger partial charge in [-0.1, -0.05) is 30.3 Å². The van der Waals surface area contributed by atoms with Crippen molar-refractivity contribution >= 4 is 21.7 Å². The minimum absolute atomic E-state index is 0.00397. The second-order valence-corrected chi connectivity index (χ2v) is 9.27. The SMILES string of the molecule is C[C@@H]1CN(S(=O)(=O)CCNC(=O)Nc2ccccc2Oc2ccccc2)C[C@@H](C)O1. The first-order chi connectivity index (χ1) is 14.3. The Morgan fingerprint density at radius 2 is 1.70 bits per heavy atom. The van der Waals surface area contributed by atoms with Gasteiger partial charge in [0.1, 0.15) is 5.75 Å². The van der Waals surface area contributed by atoms with Crippen molar-refractivity contribution in [2.75, 3.05) is 30.7 Å². The third-order valence-corrected chi connectivity index (χ3v) is 6.34. The maximum Gasteiger partial charge on any atom is 0.319 e. The molecule has 2 amide bonds. The van der Waals surface area contributed by atoms with Crippen LogP contribution >= 0.6 is 0 Å². The fourth-order valence-electron chi connectivity index (χ4n) is 3.22. The Bertz CT molecular complexity index is 942. The Morgan fingerprint density at radius 3 is 2.40 bits per heavy atom. The molecule has 3 rings (SSSR count). The van der Waals surface area contributed by atoms with Gasteiger partial charge in [0.05, 0.1) is 23.6 Å². The molecule has 0 spiro atoms. The summed E-state index contributed by atoms with van der Waals surface area (Å²) in [5, 5.41) is 5.30. The van der Waals surface area contributed by atoms with E-state index in [1.54, 1.807) is 24.3 Å². The fourth-order valence-corrected chi connectivity index (χ4v) is 4.71. The van der Waals surface area contributed by atoms with Crippen LogP contribution in [0.2, 0.25) is 0 Å². The Morgan fingerprint density at radius 1 is 1.07 bits per heavy atom. The number of carbonyl (C=O) groups is 1. The van der Waals surface area contributed by atoms with Crippen LogP contribution in [-0.2, 0) is 14.8 Å². The predicted molar refractivity (Wildman–Crippen MR) is 115 cm³/mol. The van der Waals surface area contributed by atoms with E-state index in [0.29, 0.717) is 30.3 Å². The number of anilines is 1. The Hall–Kier alpha value is -2.62. The van der Waals surface area contributed by atoms with Crippen molar-refractivity contribution in [3.63, 3.8) is 0 Å². The summed E-state index contributed by atoms with van der Waals surface area (Å²) in [7, 11) is -3.48. The summed E-state index contributed by atoms with van der Waals surface area (Å²) >= 11 is 0. The summed E-state index contributed by atoms with van der Waals surface area (Å²) in [6, 6.07) is 15.8. The molecular weight excluding hydrogens is 406 g/mol. The third-order valence-electron chi connectivity index (χ3n) is 4.53. The zero-order valence-corrected chi connectivity index (χ0v) is 17.9. The molecule has 9 heteroatoms. The number of amides is 2. The molecule has 0 bridgehead atoms. The number of benzene rings is 2. The molecule has 2 aromatic carbocycles. The van der Waals surface area contributed by atoms with Crippen molar-refractivity contribution in [3.8, 4) is 11.5 Å². The highest BCUT2D eigenvalue weighted by Crippen LogP contribution is 2.28. The molecule has 2 aromatic rings. The van der Waals surface area contributed by atoms with Crippen LogP contribution in [0.3, 0.4) is 0 Å². The minimum Gasteiger partial charge on any atom is -0.455 e. The van der Waals surface area contributed by atoms with E-state index in [1.807, 2.05) is 44.2 Å². The molecule has 1 aliphatic rings. The molecule has 1 aliphatic heterocycles. The summed E-state index contributed by atoms with van der Waals surface area (Å²) in [5.41, 5.74) is 0.484. The van der Waals surface area contributed by atoms with E-state index in [4.69, 9.17) is 9.47 Å². The second kappa shape index (κ2) is 9.92. The quantitative estimate of drug-likeness (QED) is 0.700. The maximum absolute atomic E-state index is 12.6. The molecule has 0 saturated carbocycles. The molecule has 162 valence electrons. The number of nitrogens with one attached hydrogen (secondary N) is 2. The highest BCUT2D eigenvalue weighted by atomic mass is 32.2. The standard InChI is InChI=1S/C21H27N3O5S/c1-16-14-24(15-17(2)28-16)30(26,27)13-12-22-21(25)23-19-10-6-7-11-20(19)29-18-8-4-3-5-9-18/h3-11,16-17H,12-15H2,1-2H3,(H2,22,23,25)/t16-,17-/m1/s1.